The van der Waals surface area contributed by atoms with Crippen molar-refractivity contribution in [3.05, 3.63) is 0 Å². The second-order valence-electron chi connectivity index (χ2n) is 4.43. The van der Waals surface area contributed by atoms with Gasteiger partial charge in [0.2, 0.25) is 0 Å². The molecule has 2 nitrogen and oxygen atoms in total. The van der Waals surface area contributed by atoms with Gasteiger partial charge in [0.1, 0.15) is 0 Å². The first-order chi connectivity index (χ1) is 5.77. The Morgan fingerprint density at radius 2 is 2.00 bits per heavy atom. The second kappa shape index (κ2) is 3.35. The first-order valence-corrected chi connectivity index (χ1v) is 5.23. The Bertz CT molecular complexity index is 140. The van der Waals surface area contributed by atoms with Crippen molar-refractivity contribution in [2.45, 2.75) is 44.8 Å². The molecule has 3 unspecified atom stereocenters. The molecule has 0 aromatic carbocycles. The maximum Gasteiger partial charge on any atom is 0.0567 e. The number of hydrogen-bond donors (Lipinski definition) is 1. The van der Waals surface area contributed by atoms with E-state index in [0.29, 0.717) is 6.17 Å². The van der Waals surface area contributed by atoms with E-state index >= 15 is 0 Å². The van der Waals surface area contributed by atoms with Crippen LogP contribution in [-0.4, -0.2) is 30.7 Å². The summed E-state index contributed by atoms with van der Waals surface area (Å²) in [5.74, 6) is 0.931. The molecule has 1 aliphatic heterocycles. The van der Waals surface area contributed by atoms with E-state index in [0.717, 1.165) is 12.0 Å². The number of fused-ring (bicyclic) bond motifs is 1. The summed E-state index contributed by atoms with van der Waals surface area (Å²) in [6.07, 6.45) is 6.32. The zero-order chi connectivity index (χ0) is 8.55. The standard InChI is InChI=1S/C10H20N2/c1-8-11-10-6-4-3-5-9(10)7-12(8)2/h8-11H,3-7H2,1-2H3. The van der Waals surface area contributed by atoms with Crippen LogP contribution in [0.1, 0.15) is 32.6 Å². The van der Waals surface area contributed by atoms with Gasteiger partial charge >= 0.3 is 0 Å². The molecular weight excluding hydrogens is 148 g/mol. The Labute approximate surface area is 75.3 Å². The van der Waals surface area contributed by atoms with E-state index in [9.17, 15) is 0 Å². The van der Waals surface area contributed by atoms with Crippen molar-refractivity contribution >= 4 is 0 Å². The van der Waals surface area contributed by atoms with Gasteiger partial charge in [-0.25, -0.2) is 0 Å². The van der Waals surface area contributed by atoms with Gasteiger partial charge in [-0.1, -0.05) is 12.8 Å². The van der Waals surface area contributed by atoms with Crippen LogP contribution in [0.4, 0.5) is 0 Å². The summed E-state index contributed by atoms with van der Waals surface area (Å²) in [6, 6.07) is 0.824. The molecule has 12 heavy (non-hydrogen) atoms. The fraction of sp³-hybridized carbons (Fsp3) is 1.00. The van der Waals surface area contributed by atoms with Gasteiger partial charge in [0, 0.05) is 12.6 Å². The molecule has 1 saturated carbocycles. The van der Waals surface area contributed by atoms with Crippen LogP contribution in [0.15, 0.2) is 0 Å². The van der Waals surface area contributed by atoms with E-state index in [-0.39, 0.29) is 0 Å². The van der Waals surface area contributed by atoms with Crippen molar-refractivity contribution in [1.82, 2.24) is 10.2 Å². The summed E-state index contributed by atoms with van der Waals surface area (Å²) in [6.45, 7) is 3.57. The minimum absolute atomic E-state index is 0.587. The van der Waals surface area contributed by atoms with Crippen molar-refractivity contribution < 1.29 is 0 Å². The zero-order valence-corrected chi connectivity index (χ0v) is 8.21. The van der Waals surface area contributed by atoms with E-state index < -0.39 is 0 Å². The first-order valence-electron chi connectivity index (χ1n) is 5.23. The van der Waals surface area contributed by atoms with Crippen LogP contribution in [-0.2, 0) is 0 Å². The average Bonchev–Trinajstić information content (AvgIpc) is 2.07. The van der Waals surface area contributed by atoms with Crippen LogP contribution >= 0.6 is 0 Å². The summed E-state index contributed by atoms with van der Waals surface area (Å²) in [5, 5.41) is 3.69. The van der Waals surface area contributed by atoms with Crippen LogP contribution in [0.3, 0.4) is 0 Å². The zero-order valence-electron chi connectivity index (χ0n) is 8.21. The predicted molar refractivity (Wildman–Crippen MR) is 51.0 cm³/mol. The van der Waals surface area contributed by atoms with Gasteiger partial charge in [-0.05, 0) is 32.7 Å². The van der Waals surface area contributed by atoms with E-state index in [2.05, 4.69) is 24.2 Å². The maximum absolute atomic E-state index is 3.69. The Morgan fingerprint density at radius 3 is 2.83 bits per heavy atom. The third-order valence-corrected chi connectivity index (χ3v) is 3.55. The van der Waals surface area contributed by atoms with Crippen LogP contribution in [0.25, 0.3) is 0 Å². The lowest BCUT2D eigenvalue weighted by molar-refractivity contribution is 0.0707. The van der Waals surface area contributed by atoms with Crippen molar-refractivity contribution in [2.75, 3.05) is 13.6 Å². The van der Waals surface area contributed by atoms with Crippen LogP contribution in [0, 0.1) is 5.92 Å². The fourth-order valence-corrected chi connectivity index (χ4v) is 2.61. The largest absolute Gasteiger partial charge is 0.299 e. The average molecular weight is 168 g/mol. The van der Waals surface area contributed by atoms with Gasteiger partial charge in [-0.15, -0.1) is 0 Å². The molecule has 2 rings (SSSR count). The van der Waals surface area contributed by atoms with Crippen LogP contribution in [0.2, 0.25) is 0 Å². The number of nitrogens with one attached hydrogen (secondary N) is 1. The summed E-state index contributed by atoms with van der Waals surface area (Å²) < 4.78 is 0. The number of hydrogen-bond acceptors (Lipinski definition) is 2. The molecule has 2 heteroatoms. The lowest BCUT2D eigenvalue weighted by Gasteiger charge is -2.44. The van der Waals surface area contributed by atoms with Gasteiger partial charge in [0.25, 0.3) is 0 Å². The molecule has 1 aliphatic carbocycles. The van der Waals surface area contributed by atoms with Gasteiger partial charge in [-0.2, -0.15) is 0 Å². The molecule has 3 atom stereocenters. The lowest BCUT2D eigenvalue weighted by atomic mass is 9.82. The highest BCUT2D eigenvalue weighted by atomic mass is 15.3. The smallest absolute Gasteiger partial charge is 0.0567 e. The molecule has 0 aromatic heterocycles. The Balaban J connectivity index is 1.98. The summed E-state index contributed by atoms with van der Waals surface area (Å²) in [5.41, 5.74) is 0. The Morgan fingerprint density at radius 1 is 1.25 bits per heavy atom. The normalized spacial score (nSPS) is 44.0. The SMILES string of the molecule is CC1NC2CCCCC2CN1C. The monoisotopic (exact) mass is 168 g/mol. The quantitative estimate of drug-likeness (QED) is 0.588. The van der Waals surface area contributed by atoms with E-state index in [1.165, 1.54) is 32.2 Å². The van der Waals surface area contributed by atoms with Crippen molar-refractivity contribution in [3.63, 3.8) is 0 Å². The molecule has 2 fully saturated rings. The Hall–Kier alpha value is -0.0800. The van der Waals surface area contributed by atoms with Crippen LogP contribution < -0.4 is 5.32 Å². The summed E-state index contributed by atoms with van der Waals surface area (Å²) in [7, 11) is 2.22. The molecule has 0 aromatic rings. The fourth-order valence-electron chi connectivity index (χ4n) is 2.61. The third-order valence-electron chi connectivity index (χ3n) is 3.55. The molecule has 0 spiro atoms. The molecule has 0 bridgehead atoms. The van der Waals surface area contributed by atoms with Crippen molar-refractivity contribution in [1.29, 1.82) is 0 Å². The van der Waals surface area contributed by atoms with Crippen molar-refractivity contribution in [2.24, 2.45) is 5.92 Å². The highest BCUT2D eigenvalue weighted by Gasteiger charge is 2.32. The second-order valence-corrected chi connectivity index (χ2v) is 4.43. The topological polar surface area (TPSA) is 15.3 Å². The minimum Gasteiger partial charge on any atom is -0.299 e. The molecular formula is C10H20N2. The molecule has 1 heterocycles. The predicted octanol–water partition coefficient (Wildman–Crippen LogP) is 1.43. The summed E-state index contributed by atoms with van der Waals surface area (Å²) >= 11 is 0. The molecule has 1 N–H and O–H groups in total. The lowest BCUT2D eigenvalue weighted by Crippen LogP contribution is -2.58. The number of nitrogens with zero attached hydrogens (tertiary/aromatic N) is 1. The van der Waals surface area contributed by atoms with Gasteiger partial charge in [-0.3, -0.25) is 10.2 Å². The van der Waals surface area contributed by atoms with E-state index in [4.69, 9.17) is 0 Å². The van der Waals surface area contributed by atoms with Gasteiger partial charge in [0.15, 0.2) is 0 Å². The maximum atomic E-state index is 3.69. The molecule has 70 valence electrons. The Kier molecular flexibility index (Phi) is 2.37. The molecule has 0 amide bonds. The number of rotatable bonds is 0. The summed E-state index contributed by atoms with van der Waals surface area (Å²) in [4.78, 5) is 2.44. The molecule has 1 saturated heterocycles. The van der Waals surface area contributed by atoms with E-state index in [1.807, 2.05) is 0 Å². The first kappa shape index (κ1) is 8.52. The van der Waals surface area contributed by atoms with Crippen molar-refractivity contribution in [3.8, 4) is 0 Å². The molecule has 0 radical (unpaired) electrons. The van der Waals surface area contributed by atoms with E-state index in [1.54, 1.807) is 0 Å². The highest BCUT2D eigenvalue weighted by molar-refractivity contribution is 4.88. The van der Waals surface area contributed by atoms with Gasteiger partial charge in [0.05, 0.1) is 6.17 Å². The highest BCUT2D eigenvalue weighted by Crippen LogP contribution is 2.28. The van der Waals surface area contributed by atoms with Gasteiger partial charge < -0.3 is 0 Å². The van der Waals surface area contributed by atoms with Crippen LogP contribution in [0.5, 0.6) is 0 Å². The molecule has 2 aliphatic rings. The minimum atomic E-state index is 0.587. The third kappa shape index (κ3) is 1.50.